The predicted molar refractivity (Wildman–Crippen MR) is 71.7 cm³/mol. The van der Waals surface area contributed by atoms with Gasteiger partial charge in [0.1, 0.15) is 11.9 Å². The highest BCUT2D eigenvalue weighted by atomic mass is 35.5. The fraction of sp³-hybridized carbons (Fsp3) is 0.143. The first-order valence-electron chi connectivity index (χ1n) is 5.38. The molecule has 18 heavy (non-hydrogen) atoms. The third kappa shape index (κ3) is 2.66. The maximum Gasteiger partial charge on any atom is 0.123 e. The third-order valence-electron chi connectivity index (χ3n) is 2.80. The van der Waals surface area contributed by atoms with Crippen LogP contribution in [-0.2, 0) is 0 Å². The molecule has 4 heteroatoms. The Balaban J connectivity index is 2.44. The van der Waals surface area contributed by atoms with Gasteiger partial charge in [0.15, 0.2) is 0 Å². The van der Waals surface area contributed by atoms with Gasteiger partial charge in [-0.3, -0.25) is 0 Å². The molecule has 1 N–H and O–H groups in total. The second-order valence-corrected chi connectivity index (χ2v) is 4.89. The molecule has 0 aromatic heterocycles. The number of aliphatic hydroxyl groups is 1. The van der Waals surface area contributed by atoms with E-state index in [1.807, 2.05) is 6.92 Å². The lowest BCUT2D eigenvalue weighted by Gasteiger charge is -2.15. The Morgan fingerprint density at radius 2 is 1.78 bits per heavy atom. The monoisotopic (exact) mass is 284 g/mol. The van der Waals surface area contributed by atoms with E-state index in [0.717, 1.165) is 5.56 Å². The van der Waals surface area contributed by atoms with Gasteiger partial charge in [0.25, 0.3) is 0 Å². The molecule has 0 spiro atoms. The zero-order chi connectivity index (χ0) is 13.3. The summed E-state index contributed by atoms with van der Waals surface area (Å²) in [6, 6.07) is 9.17. The molecular weight excluding hydrogens is 274 g/mol. The fourth-order valence-electron chi connectivity index (χ4n) is 1.77. The lowest BCUT2D eigenvalue weighted by molar-refractivity contribution is 0.219. The van der Waals surface area contributed by atoms with Gasteiger partial charge >= 0.3 is 0 Å². The van der Waals surface area contributed by atoms with Gasteiger partial charge in [0.05, 0.1) is 10.0 Å². The minimum Gasteiger partial charge on any atom is -0.384 e. The van der Waals surface area contributed by atoms with Gasteiger partial charge in [-0.15, -0.1) is 0 Å². The predicted octanol–water partition coefficient (Wildman–Crippen LogP) is 4.52. The summed E-state index contributed by atoms with van der Waals surface area (Å²) in [5, 5.41) is 11.0. The largest absolute Gasteiger partial charge is 0.384 e. The first-order valence-corrected chi connectivity index (χ1v) is 6.13. The summed E-state index contributed by atoms with van der Waals surface area (Å²) >= 11 is 11.7. The van der Waals surface area contributed by atoms with Crippen molar-refractivity contribution < 1.29 is 9.50 Å². The van der Waals surface area contributed by atoms with E-state index in [1.54, 1.807) is 24.3 Å². The second-order valence-electron chi connectivity index (χ2n) is 4.08. The maximum absolute atomic E-state index is 13.2. The van der Waals surface area contributed by atoms with Crippen LogP contribution >= 0.6 is 23.2 Å². The Kier molecular flexibility index (Phi) is 3.91. The van der Waals surface area contributed by atoms with Crippen LogP contribution in [-0.4, -0.2) is 5.11 Å². The molecule has 2 aromatic carbocycles. The Morgan fingerprint density at radius 1 is 1.06 bits per heavy atom. The zero-order valence-corrected chi connectivity index (χ0v) is 11.1. The summed E-state index contributed by atoms with van der Waals surface area (Å²) in [5.74, 6) is -0.380. The number of hydrogen-bond acceptors (Lipinski definition) is 1. The van der Waals surface area contributed by atoms with Crippen molar-refractivity contribution in [1.29, 1.82) is 0 Å². The molecule has 0 bridgehead atoms. The van der Waals surface area contributed by atoms with Crippen molar-refractivity contribution in [1.82, 2.24) is 0 Å². The Labute approximate surface area is 115 Å². The van der Waals surface area contributed by atoms with Gasteiger partial charge in [0.2, 0.25) is 0 Å². The maximum atomic E-state index is 13.2. The van der Waals surface area contributed by atoms with Crippen molar-refractivity contribution >= 4 is 23.2 Å². The zero-order valence-electron chi connectivity index (χ0n) is 9.62. The van der Waals surface area contributed by atoms with Crippen molar-refractivity contribution in [2.75, 3.05) is 0 Å². The highest BCUT2D eigenvalue weighted by Crippen LogP contribution is 2.30. The van der Waals surface area contributed by atoms with Crippen LogP contribution in [0.4, 0.5) is 4.39 Å². The van der Waals surface area contributed by atoms with E-state index in [9.17, 15) is 9.50 Å². The van der Waals surface area contributed by atoms with Crippen LogP contribution in [0.3, 0.4) is 0 Å². The van der Waals surface area contributed by atoms with Gasteiger partial charge in [-0.1, -0.05) is 35.3 Å². The summed E-state index contributed by atoms with van der Waals surface area (Å²) in [6.07, 6.45) is -0.921. The molecule has 0 aliphatic carbocycles. The van der Waals surface area contributed by atoms with Crippen LogP contribution in [0.15, 0.2) is 36.4 Å². The number of benzene rings is 2. The van der Waals surface area contributed by atoms with Gasteiger partial charge < -0.3 is 5.11 Å². The highest BCUT2D eigenvalue weighted by Gasteiger charge is 2.14. The molecule has 2 rings (SSSR count). The topological polar surface area (TPSA) is 20.2 Å². The normalized spacial score (nSPS) is 12.5. The molecule has 1 atom stereocenters. The van der Waals surface area contributed by atoms with Crippen LogP contribution in [0, 0.1) is 12.7 Å². The first-order chi connectivity index (χ1) is 8.49. The van der Waals surface area contributed by atoms with Crippen molar-refractivity contribution in [3.05, 3.63) is 69.0 Å². The first kappa shape index (κ1) is 13.3. The molecule has 0 heterocycles. The SMILES string of the molecule is Cc1ccc(F)cc1C(O)c1ccc(Cl)c(Cl)c1. The average molecular weight is 285 g/mol. The van der Waals surface area contributed by atoms with Gasteiger partial charge in [0, 0.05) is 0 Å². The van der Waals surface area contributed by atoms with Crippen molar-refractivity contribution in [3.63, 3.8) is 0 Å². The van der Waals surface area contributed by atoms with E-state index in [0.29, 0.717) is 21.2 Å². The van der Waals surface area contributed by atoms with E-state index in [2.05, 4.69) is 0 Å². The van der Waals surface area contributed by atoms with Crippen LogP contribution in [0.25, 0.3) is 0 Å². The Morgan fingerprint density at radius 3 is 2.44 bits per heavy atom. The number of rotatable bonds is 2. The van der Waals surface area contributed by atoms with Crippen molar-refractivity contribution in [3.8, 4) is 0 Å². The van der Waals surface area contributed by atoms with E-state index >= 15 is 0 Å². The quantitative estimate of drug-likeness (QED) is 0.860. The lowest BCUT2D eigenvalue weighted by atomic mass is 9.97. The summed E-state index contributed by atoms with van der Waals surface area (Å²) in [4.78, 5) is 0. The van der Waals surface area contributed by atoms with E-state index in [1.165, 1.54) is 12.1 Å². The third-order valence-corrected chi connectivity index (χ3v) is 3.53. The minimum atomic E-state index is -0.921. The average Bonchev–Trinajstić information content (AvgIpc) is 2.35. The van der Waals surface area contributed by atoms with E-state index in [4.69, 9.17) is 23.2 Å². The van der Waals surface area contributed by atoms with Crippen molar-refractivity contribution in [2.45, 2.75) is 13.0 Å². The molecule has 0 saturated heterocycles. The molecule has 0 amide bonds. The lowest BCUT2D eigenvalue weighted by Crippen LogP contribution is -2.02. The number of aryl methyl sites for hydroxylation is 1. The van der Waals surface area contributed by atoms with E-state index < -0.39 is 6.10 Å². The van der Waals surface area contributed by atoms with Crippen LogP contribution < -0.4 is 0 Å². The minimum absolute atomic E-state index is 0.363. The standard InChI is InChI=1S/C14H11Cl2FO/c1-8-2-4-10(17)7-11(8)14(18)9-3-5-12(15)13(16)6-9/h2-7,14,18H,1H3. The molecule has 1 nitrogen and oxygen atoms in total. The molecular formula is C14H11Cl2FO. The van der Waals surface area contributed by atoms with Crippen LogP contribution in [0.5, 0.6) is 0 Å². The molecule has 0 aliphatic heterocycles. The molecule has 0 radical (unpaired) electrons. The fourth-order valence-corrected chi connectivity index (χ4v) is 2.07. The molecule has 0 aliphatic rings. The molecule has 1 unspecified atom stereocenters. The molecule has 2 aromatic rings. The molecule has 94 valence electrons. The summed E-state index contributed by atoms with van der Waals surface area (Å²) in [7, 11) is 0. The highest BCUT2D eigenvalue weighted by molar-refractivity contribution is 6.42. The summed E-state index contributed by atoms with van der Waals surface area (Å²) in [5.41, 5.74) is 1.92. The van der Waals surface area contributed by atoms with Gasteiger partial charge in [-0.05, 0) is 47.9 Å². The number of hydrogen-bond donors (Lipinski definition) is 1. The Hall–Kier alpha value is -1.09. The van der Waals surface area contributed by atoms with Gasteiger partial charge in [-0.25, -0.2) is 4.39 Å². The Bertz CT molecular complexity index is 584. The van der Waals surface area contributed by atoms with Crippen molar-refractivity contribution in [2.24, 2.45) is 0 Å². The number of halogens is 3. The summed E-state index contributed by atoms with van der Waals surface area (Å²) in [6.45, 7) is 1.81. The van der Waals surface area contributed by atoms with E-state index in [-0.39, 0.29) is 5.82 Å². The van der Waals surface area contributed by atoms with Crippen LogP contribution in [0.1, 0.15) is 22.8 Å². The summed E-state index contributed by atoms with van der Waals surface area (Å²) < 4.78 is 13.2. The smallest absolute Gasteiger partial charge is 0.123 e. The molecule has 0 saturated carbocycles. The van der Waals surface area contributed by atoms with Crippen LogP contribution in [0.2, 0.25) is 10.0 Å². The second kappa shape index (κ2) is 5.27. The molecule has 0 fully saturated rings. The number of aliphatic hydroxyl groups excluding tert-OH is 1. The van der Waals surface area contributed by atoms with Gasteiger partial charge in [-0.2, -0.15) is 0 Å².